The number of halogens is 1. The maximum absolute atomic E-state index is 11.8. The fourth-order valence-corrected chi connectivity index (χ4v) is 2.98. The predicted octanol–water partition coefficient (Wildman–Crippen LogP) is 2.58. The van der Waals surface area contributed by atoms with Crippen LogP contribution in [0.25, 0.3) is 0 Å². The van der Waals surface area contributed by atoms with Crippen molar-refractivity contribution in [1.82, 2.24) is 5.43 Å². The number of nitrogens with zero attached hydrogens (tertiary/aromatic N) is 2. The largest absolute Gasteiger partial charge is 0.868 e. The van der Waals surface area contributed by atoms with Gasteiger partial charge in [0.15, 0.2) is 6.61 Å². The first-order valence-electron chi connectivity index (χ1n) is 7.45. The number of carbonyl (C=O) groups excluding carboxylic acids is 1. The number of hydrogen-bond donors (Lipinski definition) is 1. The second-order valence-corrected chi connectivity index (χ2v) is 6.31. The Morgan fingerprint density at radius 2 is 2.08 bits per heavy atom. The lowest BCUT2D eigenvalue weighted by Gasteiger charge is -2.11. The van der Waals surface area contributed by atoms with Crippen molar-refractivity contribution >= 4 is 33.7 Å². The number of nitrogens with one attached hydrogen (secondary N) is 1. The van der Waals surface area contributed by atoms with E-state index in [9.17, 15) is 20.0 Å². The van der Waals surface area contributed by atoms with Crippen LogP contribution in [0.2, 0.25) is 0 Å². The van der Waals surface area contributed by atoms with E-state index in [0.29, 0.717) is 11.3 Å². The number of rotatable bonds is 6. The molecule has 0 spiro atoms. The van der Waals surface area contributed by atoms with Crippen molar-refractivity contribution in [2.24, 2.45) is 5.10 Å². The number of nitro groups is 1. The standard InChI is InChI=1S/C17H16BrN3O5/c1-10-5-11(2)17(13(18)6-10)26-9-16(23)20-19-8-12-3-4-15(22)14(7-12)21(24)25/h3-8,22H,9H2,1-2H3,(H,20,23)/p-1/b19-8-. The van der Waals surface area contributed by atoms with Crippen LogP contribution in [0.3, 0.4) is 0 Å². The SMILES string of the molecule is Cc1cc(C)c(OCC(=O)N/N=C\c2ccc([O-])c([N+](=O)[O-])c2)c(Br)c1. The van der Waals surface area contributed by atoms with Crippen LogP contribution in [-0.2, 0) is 4.79 Å². The van der Waals surface area contributed by atoms with E-state index < -0.39 is 22.3 Å². The Morgan fingerprint density at radius 1 is 1.35 bits per heavy atom. The summed E-state index contributed by atoms with van der Waals surface area (Å²) < 4.78 is 6.24. The Bertz CT molecular complexity index is 860. The van der Waals surface area contributed by atoms with Crippen molar-refractivity contribution in [2.75, 3.05) is 6.61 Å². The molecule has 0 saturated heterocycles. The van der Waals surface area contributed by atoms with Gasteiger partial charge in [-0.3, -0.25) is 14.9 Å². The van der Waals surface area contributed by atoms with Crippen LogP contribution in [0.15, 0.2) is 39.9 Å². The molecule has 0 aromatic heterocycles. The molecular weight excluding hydrogens is 406 g/mol. The van der Waals surface area contributed by atoms with Crippen molar-refractivity contribution in [3.63, 3.8) is 0 Å². The number of ether oxygens (including phenoxy) is 1. The molecule has 2 aromatic carbocycles. The van der Waals surface area contributed by atoms with Crippen molar-refractivity contribution in [3.05, 3.63) is 61.6 Å². The topological polar surface area (TPSA) is 117 Å². The maximum Gasteiger partial charge on any atom is 0.277 e. The van der Waals surface area contributed by atoms with E-state index in [2.05, 4.69) is 26.5 Å². The zero-order valence-electron chi connectivity index (χ0n) is 14.0. The van der Waals surface area contributed by atoms with Gasteiger partial charge in [0.05, 0.1) is 15.6 Å². The highest BCUT2D eigenvalue weighted by molar-refractivity contribution is 9.10. The molecule has 0 saturated carbocycles. The molecule has 0 aliphatic carbocycles. The van der Waals surface area contributed by atoms with Gasteiger partial charge in [-0.2, -0.15) is 5.10 Å². The number of carbonyl (C=O) groups is 1. The minimum absolute atomic E-state index is 0.251. The van der Waals surface area contributed by atoms with Crippen LogP contribution in [0.1, 0.15) is 16.7 Å². The Kier molecular flexibility index (Phi) is 6.29. The number of nitro benzene ring substituents is 1. The maximum atomic E-state index is 11.8. The van der Waals surface area contributed by atoms with Gasteiger partial charge in [-0.1, -0.05) is 18.2 Å². The van der Waals surface area contributed by atoms with Gasteiger partial charge in [-0.05, 0) is 52.7 Å². The molecule has 1 amide bonds. The summed E-state index contributed by atoms with van der Waals surface area (Å²) in [6, 6.07) is 7.34. The summed E-state index contributed by atoms with van der Waals surface area (Å²) in [6.45, 7) is 3.57. The minimum Gasteiger partial charge on any atom is -0.868 e. The van der Waals surface area contributed by atoms with E-state index in [1.54, 1.807) is 0 Å². The molecular formula is C17H15BrN3O5-. The van der Waals surface area contributed by atoms with E-state index in [1.807, 2.05) is 26.0 Å². The molecule has 0 radical (unpaired) electrons. The van der Waals surface area contributed by atoms with Crippen molar-refractivity contribution < 1.29 is 19.6 Å². The Balaban J connectivity index is 1.94. The summed E-state index contributed by atoms with van der Waals surface area (Å²) >= 11 is 3.39. The van der Waals surface area contributed by atoms with Crippen molar-refractivity contribution in [2.45, 2.75) is 13.8 Å². The fourth-order valence-electron chi connectivity index (χ4n) is 2.19. The Labute approximate surface area is 157 Å². The highest BCUT2D eigenvalue weighted by Gasteiger charge is 2.09. The summed E-state index contributed by atoms with van der Waals surface area (Å²) in [5, 5.41) is 25.7. The van der Waals surface area contributed by atoms with Gasteiger partial charge in [-0.25, -0.2) is 5.43 Å². The smallest absolute Gasteiger partial charge is 0.277 e. The first kappa shape index (κ1) is 19.4. The molecule has 0 bridgehead atoms. The predicted molar refractivity (Wildman–Crippen MR) is 97.4 cm³/mol. The number of benzene rings is 2. The molecule has 2 aromatic rings. The molecule has 136 valence electrons. The van der Waals surface area contributed by atoms with Crippen LogP contribution in [-0.4, -0.2) is 23.7 Å². The van der Waals surface area contributed by atoms with E-state index >= 15 is 0 Å². The van der Waals surface area contributed by atoms with Gasteiger partial charge in [0, 0.05) is 11.6 Å². The van der Waals surface area contributed by atoms with Crippen LogP contribution < -0.4 is 15.3 Å². The fraction of sp³-hybridized carbons (Fsp3) is 0.176. The molecule has 0 heterocycles. The summed E-state index contributed by atoms with van der Waals surface area (Å²) in [4.78, 5) is 21.8. The van der Waals surface area contributed by atoms with E-state index in [1.165, 1.54) is 12.3 Å². The van der Waals surface area contributed by atoms with Crippen molar-refractivity contribution in [3.8, 4) is 11.5 Å². The number of hydrogen-bond acceptors (Lipinski definition) is 6. The first-order chi connectivity index (χ1) is 12.3. The summed E-state index contributed by atoms with van der Waals surface area (Å²) in [5.41, 5.74) is 3.97. The normalized spacial score (nSPS) is 10.7. The highest BCUT2D eigenvalue weighted by Crippen LogP contribution is 2.30. The summed E-state index contributed by atoms with van der Waals surface area (Å²) in [5.74, 6) is -0.622. The van der Waals surface area contributed by atoms with Gasteiger partial charge in [0.25, 0.3) is 11.6 Å². The second-order valence-electron chi connectivity index (χ2n) is 5.46. The average Bonchev–Trinajstić information content (AvgIpc) is 2.55. The molecule has 0 unspecified atom stereocenters. The lowest BCUT2D eigenvalue weighted by molar-refractivity contribution is -0.398. The van der Waals surface area contributed by atoms with Crippen LogP contribution >= 0.6 is 15.9 Å². The van der Waals surface area contributed by atoms with Gasteiger partial charge in [-0.15, -0.1) is 0 Å². The molecule has 8 nitrogen and oxygen atoms in total. The Hall–Kier alpha value is -2.94. The van der Waals surface area contributed by atoms with Crippen LogP contribution in [0.4, 0.5) is 5.69 Å². The molecule has 2 rings (SSSR count). The zero-order valence-corrected chi connectivity index (χ0v) is 15.6. The van der Waals surface area contributed by atoms with Crippen LogP contribution in [0, 0.1) is 24.0 Å². The molecule has 0 fully saturated rings. The van der Waals surface area contributed by atoms with E-state index in [-0.39, 0.29) is 6.61 Å². The van der Waals surface area contributed by atoms with Gasteiger partial charge < -0.3 is 9.84 Å². The summed E-state index contributed by atoms with van der Waals surface area (Å²) in [6.07, 6.45) is 1.21. The Morgan fingerprint density at radius 3 is 2.73 bits per heavy atom. The van der Waals surface area contributed by atoms with E-state index in [0.717, 1.165) is 27.7 Å². The molecule has 1 N–H and O–H groups in total. The number of aryl methyl sites for hydroxylation is 2. The monoisotopic (exact) mass is 420 g/mol. The third-order valence-electron chi connectivity index (χ3n) is 3.30. The highest BCUT2D eigenvalue weighted by atomic mass is 79.9. The molecule has 0 aliphatic heterocycles. The van der Waals surface area contributed by atoms with Gasteiger partial charge in [0.2, 0.25) is 0 Å². The van der Waals surface area contributed by atoms with Gasteiger partial charge >= 0.3 is 0 Å². The number of amides is 1. The lowest BCUT2D eigenvalue weighted by Crippen LogP contribution is -2.24. The number of hydrazone groups is 1. The average molecular weight is 421 g/mol. The lowest BCUT2D eigenvalue weighted by atomic mass is 10.1. The molecule has 0 atom stereocenters. The molecule has 26 heavy (non-hydrogen) atoms. The molecule has 0 aliphatic rings. The third-order valence-corrected chi connectivity index (χ3v) is 3.89. The van der Waals surface area contributed by atoms with Gasteiger partial charge in [0.1, 0.15) is 5.75 Å². The molecule has 9 heteroatoms. The quantitative estimate of drug-likeness (QED) is 0.437. The van der Waals surface area contributed by atoms with Crippen LogP contribution in [0.5, 0.6) is 11.5 Å². The first-order valence-corrected chi connectivity index (χ1v) is 8.24. The van der Waals surface area contributed by atoms with Crippen molar-refractivity contribution in [1.29, 1.82) is 0 Å². The summed E-state index contributed by atoms with van der Waals surface area (Å²) in [7, 11) is 0. The third kappa shape index (κ3) is 5.03. The second kappa shape index (κ2) is 8.43. The minimum atomic E-state index is -0.770. The van der Waals surface area contributed by atoms with E-state index in [4.69, 9.17) is 4.74 Å². The zero-order chi connectivity index (χ0) is 19.3.